The molecule has 1 N–H and O–H groups in total. The molecule has 2 rings (SSSR count). The van der Waals surface area contributed by atoms with E-state index in [4.69, 9.17) is 17.0 Å². The number of ether oxygens (including phenoxy) is 1. The van der Waals surface area contributed by atoms with Crippen molar-refractivity contribution >= 4 is 39.8 Å². The van der Waals surface area contributed by atoms with Crippen molar-refractivity contribution in [3.05, 3.63) is 41.6 Å². The number of carbonyl (C=O) groups excluding carboxylic acids is 1. The number of thiocarbonyl (C=S) groups is 1. The number of nitrogens with one attached hydrogen (secondary N) is 1. The van der Waals surface area contributed by atoms with Crippen molar-refractivity contribution < 1.29 is 9.53 Å². The van der Waals surface area contributed by atoms with Gasteiger partial charge in [0.1, 0.15) is 0 Å². The number of rotatable bonds is 3. The Hall–Kier alpha value is -1.33. The van der Waals surface area contributed by atoms with Crippen molar-refractivity contribution in [2.24, 2.45) is 0 Å². The van der Waals surface area contributed by atoms with Crippen LogP contribution >= 0.6 is 24.0 Å². The number of esters is 1. The Balaban J connectivity index is 2.27. The molecule has 0 saturated heterocycles. The summed E-state index contributed by atoms with van der Waals surface area (Å²) < 4.78 is 5.72. The molecule has 0 saturated carbocycles. The summed E-state index contributed by atoms with van der Waals surface area (Å²) in [7, 11) is 1.38. The van der Waals surface area contributed by atoms with Gasteiger partial charge in [-0.15, -0.1) is 11.8 Å². The lowest BCUT2D eigenvalue weighted by molar-refractivity contribution is 0.0602. The Morgan fingerprint density at radius 3 is 2.75 bits per heavy atom. The van der Waals surface area contributed by atoms with Gasteiger partial charge in [-0.05, 0) is 32.1 Å². The molecule has 1 heterocycles. The normalized spacial score (nSPS) is 17.4. The third-order valence-electron chi connectivity index (χ3n) is 2.91. The van der Waals surface area contributed by atoms with Crippen LogP contribution in [0.1, 0.15) is 30.6 Å². The van der Waals surface area contributed by atoms with Gasteiger partial charge < -0.3 is 10.1 Å². The highest BCUT2D eigenvalue weighted by molar-refractivity contribution is 8.24. The van der Waals surface area contributed by atoms with Crippen LogP contribution in [0.3, 0.4) is 0 Å². The van der Waals surface area contributed by atoms with E-state index in [0.717, 1.165) is 22.0 Å². The number of carbonyl (C=O) groups is 1. The van der Waals surface area contributed by atoms with Gasteiger partial charge in [0, 0.05) is 16.9 Å². The molecule has 20 heavy (non-hydrogen) atoms. The maximum absolute atomic E-state index is 11.8. The summed E-state index contributed by atoms with van der Waals surface area (Å²) in [5.74, 6) is -0.347. The molecule has 0 aromatic heterocycles. The summed E-state index contributed by atoms with van der Waals surface area (Å²) in [6, 6.07) is 7.31. The standard InChI is InChI=1S/C15H17NO2S2/c1-15(2)9-10(8-13(19)20-15)16-12-7-5-4-6-11(12)14(17)18-3/h4-8,16H,9H2,1-3H3. The molecule has 0 unspecified atom stereocenters. The largest absolute Gasteiger partial charge is 0.465 e. The van der Waals surface area contributed by atoms with Gasteiger partial charge in [0.15, 0.2) is 0 Å². The molecule has 0 bridgehead atoms. The summed E-state index contributed by atoms with van der Waals surface area (Å²) in [5, 5.41) is 3.31. The second-order valence-electron chi connectivity index (χ2n) is 5.19. The smallest absolute Gasteiger partial charge is 0.339 e. The van der Waals surface area contributed by atoms with Crippen molar-refractivity contribution in [3.8, 4) is 0 Å². The minimum atomic E-state index is -0.347. The first-order valence-electron chi connectivity index (χ1n) is 6.29. The number of methoxy groups -OCH3 is 1. The van der Waals surface area contributed by atoms with Gasteiger partial charge in [0.05, 0.1) is 22.6 Å². The monoisotopic (exact) mass is 307 g/mol. The van der Waals surface area contributed by atoms with Gasteiger partial charge >= 0.3 is 5.97 Å². The topological polar surface area (TPSA) is 38.3 Å². The molecule has 0 fully saturated rings. The Morgan fingerprint density at radius 1 is 1.40 bits per heavy atom. The van der Waals surface area contributed by atoms with E-state index in [9.17, 15) is 4.79 Å². The van der Waals surface area contributed by atoms with E-state index in [-0.39, 0.29) is 10.7 Å². The van der Waals surface area contributed by atoms with Gasteiger partial charge in [-0.3, -0.25) is 0 Å². The first kappa shape index (κ1) is 15.1. The Kier molecular flexibility index (Phi) is 4.50. The Labute approximate surface area is 128 Å². The van der Waals surface area contributed by atoms with Crippen molar-refractivity contribution in [1.29, 1.82) is 0 Å². The van der Waals surface area contributed by atoms with Gasteiger partial charge in [-0.2, -0.15) is 0 Å². The number of anilines is 1. The molecule has 1 aliphatic heterocycles. The lowest BCUT2D eigenvalue weighted by Crippen LogP contribution is -2.24. The van der Waals surface area contributed by atoms with E-state index in [0.29, 0.717) is 5.56 Å². The summed E-state index contributed by atoms with van der Waals surface area (Å²) in [5.41, 5.74) is 2.30. The SMILES string of the molecule is COC(=O)c1ccccc1NC1=CC(=S)SC(C)(C)C1. The van der Waals surface area contributed by atoms with Crippen molar-refractivity contribution in [2.75, 3.05) is 12.4 Å². The zero-order valence-electron chi connectivity index (χ0n) is 11.7. The third-order valence-corrected chi connectivity index (χ3v) is 4.30. The molecule has 0 amide bonds. The van der Waals surface area contributed by atoms with Crippen LogP contribution in [0, 0.1) is 0 Å². The predicted octanol–water partition coefficient (Wildman–Crippen LogP) is 4.01. The number of benzene rings is 1. The van der Waals surface area contributed by atoms with E-state index >= 15 is 0 Å². The molecule has 106 valence electrons. The van der Waals surface area contributed by atoms with Crippen LogP contribution in [-0.4, -0.2) is 22.0 Å². The highest BCUT2D eigenvalue weighted by Gasteiger charge is 2.27. The molecule has 1 aliphatic rings. The fourth-order valence-electron chi connectivity index (χ4n) is 2.12. The summed E-state index contributed by atoms with van der Waals surface area (Å²) in [6.45, 7) is 4.32. The maximum atomic E-state index is 11.8. The van der Waals surface area contributed by atoms with Crippen LogP contribution in [0.15, 0.2) is 36.0 Å². The highest BCUT2D eigenvalue weighted by Crippen LogP contribution is 2.37. The number of hydrogen-bond donors (Lipinski definition) is 1. The van der Waals surface area contributed by atoms with Gasteiger partial charge in [-0.25, -0.2) is 4.79 Å². The number of thioether (sulfide) groups is 1. The highest BCUT2D eigenvalue weighted by atomic mass is 32.2. The summed E-state index contributed by atoms with van der Waals surface area (Å²) >= 11 is 7.01. The predicted molar refractivity (Wildman–Crippen MR) is 88.4 cm³/mol. The van der Waals surface area contributed by atoms with Crippen LogP contribution in [0.5, 0.6) is 0 Å². The molecule has 0 spiro atoms. The fraction of sp³-hybridized carbons (Fsp3) is 0.333. The number of para-hydroxylation sites is 1. The first-order valence-corrected chi connectivity index (χ1v) is 7.52. The second-order valence-corrected chi connectivity index (χ2v) is 7.64. The van der Waals surface area contributed by atoms with E-state index < -0.39 is 0 Å². The minimum Gasteiger partial charge on any atom is -0.465 e. The van der Waals surface area contributed by atoms with Crippen LogP contribution < -0.4 is 5.32 Å². The van der Waals surface area contributed by atoms with Gasteiger partial charge in [-0.1, -0.05) is 24.4 Å². The van der Waals surface area contributed by atoms with Crippen LogP contribution in [0.25, 0.3) is 0 Å². The quantitative estimate of drug-likeness (QED) is 0.674. The zero-order valence-corrected chi connectivity index (χ0v) is 13.4. The maximum Gasteiger partial charge on any atom is 0.339 e. The third kappa shape index (κ3) is 3.61. The molecule has 0 atom stereocenters. The molecule has 0 aliphatic carbocycles. The number of allylic oxidation sites excluding steroid dienone is 1. The molecular weight excluding hydrogens is 290 g/mol. The summed E-state index contributed by atoms with van der Waals surface area (Å²) in [4.78, 5) is 11.8. The number of hydrogen-bond acceptors (Lipinski definition) is 5. The lowest BCUT2D eigenvalue weighted by atomic mass is 10.1. The lowest BCUT2D eigenvalue weighted by Gasteiger charge is -2.30. The zero-order chi connectivity index (χ0) is 14.8. The Bertz CT molecular complexity index is 579. The van der Waals surface area contributed by atoms with Gasteiger partial charge in [0.25, 0.3) is 0 Å². The average molecular weight is 307 g/mol. The summed E-state index contributed by atoms with van der Waals surface area (Å²) in [6.07, 6.45) is 2.83. The van der Waals surface area contributed by atoms with E-state index in [2.05, 4.69) is 19.2 Å². The van der Waals surface area contributed by atoms with Crippen molar-refractivity contribution in [1.82, 2.24) is 0 Å². The van der Waals surface area contributed by atoms with E-state index in [1.54, 1.807) is 17.8 Å². The molecule has 0 radical (unpaired) electrons. The average Bonchev–Trinajstić information content (AvgIpc) is 2.36. The van der Waals surface area contributed by atoms with Gasteiger partial charge in [0.2, 0.25) is 0 Å². The fourth-order valence-corrected chi connectivity index (χ4v) is 3.92. The molecule has 1 aromatic rings. The first-order chi connectivity index (χ1) is 9.41. The van der Waals surface area contributed by atoms with Crippen molar-refractivity contribution in [3.63, 3.8) is 0 Å². The molecule has 3 nitrogen and oxygen atoms in total. The second kappa shape index (κ2) is 5.97. The van der Waals surface area contributed by atoms with Crippen LogP contribution in [0.2, 0.25) is 0 Å². The minimum absolute atomic E-state index is 0.0639. The van der Waals surface area contributed by atoms with Crippen LogP contribution in [-0.2, 0) is 4.74 Å². The molecular formula is C15H17NO2S2. The van der Waals surface area contributed by atoms with E-state index in [1.807, 2.05) is 24.3 Å². The molecule has 5 heteroatoms. The van der Waals surface area contributed by atoms with E-state index in [1.165, 1.54) is 7.11 Å². The molecule has 1 aromatic carbocycles. The van der Waals surface area contributed by atoms with Crippen molar-refractivity contribution in [2.45, 2.75) is 25.0 Å². The van der Waals surface area contributed by atoms with Crippen LogP contribution in [0.4, 0.5) is 5.69 Å². The Morgan fingerprint density at radius 2 is 2.10 bits per heavy atom.